The third-order valence-electron chi connectivity index (χ3n) is 5.83. The molecule has 1 aromatic carbocycles. The lowest BCUT2D eigenvalue weighted by molar-refractivity contribution is -0.138. The van der Waals surface area contributed by atoms with E-state index in [0.29, 0.717) is 18.5 Å². The molecule has 138 valence electrons. The van der Waals surface area contributed by atoms with Crippen molar-refractivity contribution >= 4 is 11.7 Å². The van der Waals surface area contributed by atoms with Crippen LogP contribution in [0.2, 0.25) is 0 Å². The van der Waals surface area contributed by atoms with E-state index < -0.39 is 0 Å². The molecule has 1 amide bonds. The van der Waals surface area contributed by atoms with Gasteiger partial charge in [-0.1, -0.05) is 30.3 Å². The van der Waals surface area contributed by atoms with E-state index in [2.05, 4.69) is 28.1 Å². The summed E-state index contributed by atoms with van der Waals surface area (Å²) >= 11 is 0. The van der Waals surface area contributed by atoms with E-state index >= 15 is 0 Å². The average molecular weight is 360 g/mol. The van der Waals surface area contributed by atoms with E-state index in [0.717, 1.165) is 44.7 Å². The van der Waals surface area contributed by atoms with Gasteiger partial charge in [0.1, 0.15) is 11.9 Å². The molecule has 0 unspecified atom stereocenters. The number of pyridine rings is 1. The van der Waals surface area contributed by atoms with Gasteiger partial charge in [-0.15, -0.1) is 0 Å². The van der Waals surface area contributed by atoms with Crippen LogP contribution in [-0.2, 0) is 11.3 Å². The zero-order valence-corrected chi connectivity index (χ0v) is 15.5. The van der Waals surface area contributed by atoms with Gasteiger partial charge in [-0.05, 0) is 37.0 Å². The van der Waals surface area contributed by atoms with Crippen molar-refractivity contribution in [3.05, 3.63) is 59.8 Å². The van der Waals surface area contributed by atoms with Crippen LogP contribution in [0.15, 0.2) is 48.7 Å². The molecule has 2 aliphatic rings. The van der Waals surface area contributed by atoms with Crippen molar-refractivity contribution < 1.29 is 4.79 Å². The quantitative estimate of drug-likeness (QED) is 0.842. The third-order valence-corrected chi connectivity index (χ3v) is 5.83. The summed E-state index contributed by atoms with van der Waals surface area (Å²) in [6.07, 6.45) is 5.47. The number of nitriles is 1. The van der Waals surface area contributed by atoms with E-state index in [9.17, 15) is 4.79 Å². The Morgan fingerprint density at radius 2 is 1.96 bits per heavy atom. The van der Waals surface area contributed by atoms with E-state index in [-0.39, 0.29) is 11.3 Å². The topological polar surface area (TPSA) is 60.2 Å². The molecular weight excluding hydrogens is 336 g/mol. The number of benzene rings is 1. The summed E-state index contributed by atoms with van der Waals surface area (Å²) in [6, 6.07) is 16.1. The highest BCUT2D eigenvalue weighted by Crippen LogP contribution is 2.40. The molecule has 2 aromatic rings. The van der Waals surface area contributed by atoms with E-state index in [4.69, 9.17) is 5.26 Å². The second-order valence-corrected chi connectivity index (χ2v) is 7.78. The van der Waals surface area contributed by atoms with Crippen LogP contribution in [0.1, 0.15) is 36.8 Å². The molecule has 5 nitrogen and oxygen atoms in total. The van der Waals surface area contributed by atoms with Crippen LogP contribution < -0.4 is 4.90 Å². The maximum atomic E-state index is 12.5. The van der Waals surface area contributed by atoms with Crippen molar-refractivity contribution in [3.63, 3.8) is 0 Å². The number of anilines is 1. The molecule has 0 bridgehead atoms. The van der Waals surface area contributed by atoms with Crippen molar-refractivity contribution in [3.8, 4) is 6.07 Å². The van der Waals surface area contributed by atoms with Crippen molar-refractivity contribution in [1.29, 1.82) is 5.26 Å². The van der Waals surface area contributed by atoms with Crippen LogP contribution in [0.25, 0.3) is 0 Å². The Morgan fingerprint density at radius 1 is 1.11 bits per heavy atom. The van der Waals surface area contributed by atoms with Gasteiger partial charge in [0.05, 0.1) is 5.56 Å². The summed E-state index contributed by atoms with van der Waals surface area (Å²) < 4.78 is 0. The van der Waals surface area contributed by atoms with Crippen LogP contribution in [0, 0.1) is 16.7 Å². The lowest BCUT2D eigenvalue weighted by atomic mass is 9.73. The fourth-order valence-corrected chi connectivity index (χ4v) is 4.43. The Balaban J connectivity index is 1.49. The number of piperidine rings is 2. The molecule has 27 heavy (non-hydrogen) atoms. The molecule has 2 saturated heterocycles. The first-order valence-corrected chi connectivity index (χ1v) is 9.60. The zero-order valence-electron chi connectivity index (χ0n) is 15.5. The highest BCUT2D eigenvalue weighted by molar-refractivity contribution is 5.77. The smallest absolute Gasteiger partial charge is 0.222 e. The van der Waals surface area contributed by atoms with Gasteiger partial charge in [-0.3, -0.25) is 4.79 Å². The molecule has 1 spiro atoms. The van der Waals surface area contributed by atoms with Crippen molar-refractivity contribution in [2.45, 2.75) is 32.2 Å². The molecule has 2 aliphatic heterocycles. The van der Waals surface area contributed by atoms with Crippen LogP contribution in [0.3, 0.4) is 0 Å². The molecule has 1 aromatic heterocycles. The van der Waals surface area contributed by atoms with Crippen LogP contribution in [0.4, 0.5) is 5.82 Å². The monoisotopic (exact) mass is 360 g/mol. The maximum Gasteiger partial charge on any atom is 0.222 e. The highest BCUT2D eigenvalue weighted by Gasteiger charge is 2.41. The second kappa shape index (κ2) is 7.40. The van der Waals surface area contributed by atoms with E-state index in [1.165, 1.54) is 5.56 Å². The molecule has 5 heteroatoms. The number of likely N-dealkylation sites (tertiary alicyclic amines) is 1. The maximum absolute atomic E-state index is 12.5. The van der Waals surface area contributed by atoms with Gasteiger partial charge in [0.15, 0.2) is 0 Å². The first-order valence-electron chi connectivity index (χ1n) is 9.60. The van der Waals surface area contributed by atoms with Gasteiger partial charge < -0.3 is 9.80 Å². The van der Waals surface area contributed by atoms with Gasteiger partial charge in [-0.2, -0.15) is 5.26 Å². The first kappa shape index (κ1) is 17.5. The minimum absolute atomic E-state index is 0.135. The predicted octanol–water partition coefficient (Wildman–Crippen LogP) is 3.36. The van der Waals surface area contributed by atoms with Crippen molar-refractivity contribution in [2.75, 3.05) is 24.5 Å². The van der Waals surface area contributed by atoms with Gasteiger partial charge in [0, 0.05) is 44.2 Å². The third kappa shape index (κ3) is 3.80. The number of carbonyl (C=O) groups is 1. The normalized spacial score (nSPS) is 22.7. The lowest BCUT2D eigenvalue weighted by Gasteiger charge is -2.48. The largest absolute Gasteiger partial charge is 0.356 e. The van der Waals surface area contributed by atoms with E-state index in [1.807, 2.05) is 35.2 Å². The van der Waals surface area contributed by atoms with Gasteiger partial charge in [-0.25, -0.2) is 4.98 Å². The minimum atomic E-state index is 0.135. The number of carbonyl (C=O) groups excluding carboxylic acids is 1. The van der Waals surface area contributed by atoms with Gasteiger partial charge in [0.2, 0.25) is 5.91 Å². The van der Waals surface area contributed by atoms with E-state index in [1.54, 1.807) is 6.20 Å². The van der Waals surface area contributed by atoms with Crippen molar-refractivity contribution in [1.82, 2.24) is 9.88 Å². The Kier molecular flexibility index (Phi) is 4.81. The summed E-state index contributed by atoms with van der Waals surface area (Å²) in [4.78, 5) is 21.3. The highest BCUT2D eigenvalue weighted by atomic mass is 16.2. The Labute approximate surface area is 160 Å². The molecule has 0 saturated carbocycles. The molecular formula is C22H24N4O. The number of hydrogen-bond donors (Lipinski definition) is 0. The molecule has 0 N–H and O–H groups in total. The van der Waals surface area contributed by atoms with Crippen LogP contribution >= 0.6 is 0 Å². The molecule has 0 aliphatic carbocycles. The SMILES string of the molecule is N#Cc1ccc(N2CCC[C@@]3(CCC(=O)N(Cc4ccccc4)C3)C2)nc1. The number of hydrogen-bond acceptors (Lipinski definition) is 4. The first-order chi connectivity index (χ1) is 13.2. The fraction of sp³-hybridized carbons (Fsp3) is 0.409. The number of amides is 1. The lowest BCUT2D eigenvalue weighted by Crippen LogP contribution is -2.54. The average Bonchev–Trinajstić information content (AvgIpc) is 2.72. The standard InChI is InChI=1S/C22H24N4O/c23-13-19-7-8-20(24-14-19)25-12-4-10-22(16-25)11-9-21(27)26(17-22)15-18-5-2-1-3-6-18/h1-3,5-8,14H,4,9-12,15-17H2/t22-/m1/s1. The minimum Gasteiger partial charge on any atom is -0.356 e. The summed E-state index contributed by atoms with van der Waals surface area (Å²) in [6.45, 7) is 3.40. The Morgan fingerprint density at radius 3 is 2.70 bits per heavy atom. The Bertz CT molecular complexity index is 843. The van der Waals surface area contributed by atoms with Gasteiger partial charge >= 0.3 is 0 Å². The molecule has 0 radical (unpaired) electrons. The number of aromatic nitrogens is 1. The second-order valence-electron chi connectivity index (χ2n) is 7.78. The summed E-state index contributed by atoms with van der Waals surface area (Å²) in [5, 5.41) is 8.97. The number of rotatable bonds is 3. The summed E-state index contributed by atoms with van der Waals surface area (Å²) in [5.41, 5.74) is 1.91. The van der Waals surface area contributed by atoms with Crippen molar-refractivity contribution in [2.24, 2.45) is 5.41 Å². The molecule has 3 heterocycles. The summed E-state index contributed by atoms with van der Waals surface area (Å²) in [7, 11) is 0. The van der Waals surface area contributed by atoms with Gasteiger partial charge in [0.25, 0.3) is 0 Å². The summed E-state index contributed by atoms with van der Waals surface area (Å²) in [5.74, 6) is 1.19. The molecule has 1 atom stereocenters. The zero-order chi connectivity index (χ0) is 18.7. The Hall–Kier alpha value is -2.87. The number of nitrogens with zero attached hydrogens (tertiary/aromatic N) is 4. The molecule has 2 fully saturated rings. The predicted molar refractivity (Wildman–Crippen MR) is 104 cm³/mol. The molecule has 4 rings (SSSR count). The van der Waals surface area contributed by atoms with Crippen LogP contribution in [-0.4, -0.2) is 35.4 Å². The fourth-order valence-electron chi connectivity index (χ4n) is 4.43. The van der Waals surface area contributed by atoms with Crippen LogP contribution in [0.5, 0.6) is 0 Å².